The average molecular weight is 313 g/mol. The van der Waals surface area contributed by atoms with Gasteiger partial charge in [0.05, 0.1) is 12.8 Å². The van der Waals surface area contributed by atoms with E-state index in [0.29, 0.717) is 31.2 Å². The minimum atomic E-state index is -0.125. The van der Waals surface area contributed by atoms with Crippen molar-refractivity contribution in [3.8, 4) is 5.75 Å². The molecule has 120 valence electrons. The van der Waals surface area contributed by atoms with Gasteiger partial charge >= 0.3 is 0 Å². The fraction of sp³-hybridized carbons (Fsp3) is 0.375. The van der Waals surface area contributed by atoms with Crippen molar-refractivity contribution >= 4 is 11.7 Å². The quantitative estimate of drug-likeness (QED) is 0.783. The van der Waals surface area contributed by atoms with E-state index in [1.807, 2.05) is 12.1 Å². The first-order valence-electron chi connectivity index (χ1n) is 7.66. The molecule has 2 N–H and O–H groups in total. The maximum atomic E-state index is 11.9. The predicted molar refractivity (Wildman–Crippen MR) is 85.6 cm³/mol. The number of nitrogens with zero attached hydrogens (tertiary/aromatic N) is 3. The molecule has 0 aromatic carbocycles. The van der Waals surface area contributed by atoms with Crippen molar-refractivity contribution < 1.29 is 9.53 Å². The van der Waals surface area contributed by atoms with Crippen LogP contribution in [0, 0.1) is 6.92 Å². The smallest absolute Gasteiger partial charge is 0.270 e. The zero-order valence-corrected chi connectivity index (χ0v) is 13.0. The van der Waals surface area contributed by atoms with Crippen LogP contribution in [0.15, 0.2) is 24.5 Å². The molecule has 23 heavy (non-hydrogen) atoms. The van der Waals surface area contributed by atoms with Crippen LogP contribution >= 0.6 is 0 Å². The van der Waals surface area contributed by atoms with Gasteiger partial charge in [-0.3, -0.25) is 9.78 Å². The molecule has 1 aliphatic rings. The highest BCUT2D eigenvalue weighted by atomic mass is 16.5. The van der Waals surface area contributed by atoms with E-state index in [4.69, 9.17) is 4.74 Å². The van der Waals surface area contributed by atoms with Crippen LogP contribution in [0.1, 0.15) is 28.3 Å². The molecule has 0 radical (unpaired) electrons. The summed E-state index contributed by atoms with van der Waals surface area (Å²) in [6, 6.07) is 3.72. The first-order chi connectivity index (χ1) is 11.2. The lowest BCUT2D eigenvalue weighted by molar-refractivity contribution is 0.0940. The van der Waals surface area contributed by atoms with Crippen LogP contribution in [-0.2, 0) is 6.42 Å². The lowest BCUT2D eigenvalue weighted by atomic mass is 10.1. The Balaban J connectivity index is 1.55. The van der Waals surface area contributed by atoms with E-state index in [1.54, 1.807) is 19.3 Å². The average Bonchev–Trinajstić information content (AvgIpc) is 2.56. The molecule has 1 aliphatic heterocycles. The first-order valence-corrected chi connectivity index (χ1v) is 7.66. The topological polar surface area (TPSA) is 89.0 Å². The highest BCUT2D eigenvalue weighted by molar-refractivity contribution is 5.95. The van der Waals surface area contributed by atoms with Gasteiger partial charge in [-0.1, -0.05) is 0 Å². The van der Waals surface area contributed by atoms with Crippen LogP contribution < -0.4 is 15.4 Å². The van der Waals surface area contributed by atoms with Crippen LogP contribution in [0.25, 0.3) is 0 Å². The standard InChI is InChI=1S/C16H19N5O2/c1-11-20-14-13(5-8-19-16(14)22)15(21-11)18-7-3-9-23-12-4-2-6-17-10-12/h2,4,6,10H,3,5,7-9H2,1H3,(H,19,22)(H,18,20,21). The number of rotatable bonds is 6. The van der Waals surface area contributed by atoms with Crippen LogP contribution in [0.2, 0.25) is 0 Å². The largest absolute Gasteiger partial charge is 0.492 e. The van der Waals surface area contributed by atoms with Gasteiger partial charge in [0, 0.05) is 24.8 Å². The van der Waals surface area contributed by atoms with Gasteiger partial charge in [-0.05, 0) is 31.9 Å². The van der Waals surface area contributed by atoms with Gasteiger partial charge in [-0.15, -0.1) is 0 Å². The Morgan fingerprint density at radius 2 is 2.30 bits per heavy atom. The number of pyridine rings is 1. The van der Waals surface area contributed by atoms with Crippen LogP contribution in [-0.4, -0.2) is 40.6 Å². The van der Waals surface area contributed by atoms with Crippen LogP contribution in [0.4, 0.5) is 5.82 Å². The Morgan fingerprint density at radius 3 is 3.13 bits per heavy atom. The highest BCUT2D eigenvalue weighted by Gasteiger charge is 2.22. The normalized spacial score (nSPS) is 13.2. The fourth-order valence-electron chi connectivity index (χ4n) is 2.45. The summed E-state index contributed by atoms with van der Waals surface area (Å²) in [6.07, 6.45) is 4.97. The van der Waals surface area contributed by atoms with Crippen molar-refractivity contribution in [1.82, 2.24) is 20.3 Å². The third kappa shape index (κ3) is 3.74. The minimum Gasteiger partial charge on any atom is -0.492 e. The molecule has 1 amide bonds. The van der Waals surface area contributed by atoms with Gasteiger partial charge in [0.1, 0.15) is 23.1 Å². The summed E-state index contributed by atoms with van der Waals surface area (Å²) in [5.74, 6) is 1.98. The van der Waals surface area contributed by atoms with Crippen LogP contribution in [0.3, 0.4) is 0 Å². The van der Waals surface area contributed by atoms with Crippen molar-refractivity contribution in [2.75, 3.05) is 25.0 Å². The molecule has 2 aromatic rings. The van der Waals surface area contributed by atoms with E-state index < -0.39 is 0 Å². The third-order valence-corrected chi connectivity index (χ3v) is 3.51. The highest BCUT2D eigenvalue weighted by Crippen LogP contribution is 2.20. The number of aryl methyl sites for hydroxylation is 1. The molecule has 7 nitrogen and oxygen atoms in total. The molecule has 3 rings (SSSR count). The molecule has 0 saturated heterocycles. The van der Waals surface area contributed by atoms with E-state index >= 15 is 0 Å². The van der Waals surface area contributed by atoms with Gasteiger partial charge in [-0.2, -0.15) is 0 Å². The van der Waals surface area contributed by atoms with E-state index in [2.05, 4.69) is 25.6 Å². The predicted octanol–water partition coefficient (Wildman–Crippen LogP) is 1.35. The summed E-state index contributed by atoms with van der Waals surface area (Å²) < 4.78 is 5.60. The maximum absolute atomic E-state index is 11.9. The van der Waals surface area contributed by atoms with Crippen molar-refractivity contribution in [3.05, 3.63) is 41.6 Å². The Bertz CT molecular complexity index is 690. The summed E-state index contributed by atoms with van der Waals surface area (Å²) >= 11 is 0. The van der Waals surface area contributed by atoms with E-state index in [1.165, 1.54) is 0 Å². The molecule has 0 unspecified atom stereocenters. The van der Waals surface area contributed by atoms with Gasteiger partial charge in [-0.25, -0.2) is 9.97 Å². The number of carbonyl (C=O) groups is 1. The lowest BCUT2D eigenvalue weighted by Crippen LogP contribution is -2.34. The van der Waals surface area contributed by atoms with Crippen molar-refractivity contribution in [3.63, 3.8) is 0 Å². The second-order valence-electron chi connectivity index (χ2n) is 5.27. The van der Waals surface area contributed by atoms with Crippen molar-refractivity contribution in [2.45, 2.75) is 19.8 Å². The molecule has 0 atom stereocenters. The molecule has 7 heteroatoms. The fourth-order valence-corrected chi connectivity index (χ4v) is 2.45. The summed E-state index contributed by atoms with van der Waals surface area (Å²) in [4.78, 5) is 24.5. The van der Waals surface area contributed by atoms with E-state index in [0.717, 1.165) is 30.0 Å². The summed E-state index contributed by atoms with van der Waals surface area (Å²) in [6.45, 7) is 3.71. The Morgan fingerprint density at radius 1 is 1.39 bits per heavy atom. The summed E-state index contributed by atoms with van der Waals surface area (Å²) in [5.41, 5.74) is 1.38. The molecule has 0 fully saturated rings. The van der Waals surface area contributed by atoms with Crippen LogP contribution in [0.5, 0.6) is 5.75 Å². The number of fused-ring (bicyclic) bond motifs is 1. The summed E-state index contributed by atoms with van der Waals surface area (Å²) in [5, 5.41) is 6.10. The molecular formula is C16H19N5O2. The number of hydrogen-bond donors (Lipinski definition) is 2. The zero-order chi connectivity index (χ0) is 16.1. The number of ether oxygens (including phenoxy) is 1. The van der Waals surface area contributed by atoms with Gasteiger partial charge in [0.2, 0.25) is 0 Å². The lowest BCUT2D eigenvalue weighted by Gasteiger charge is -2.19. The molecule has 2 aromatic heterocycles. The SMILES string of the molecule is Cc1nc(NCCCOc2cccnc2)c2c(n1)C(=O)NCC2. The Kier molecular flexibility index (Phi) is 4.65. The number of nitrogens with one attached hydrogen (secondary N) is 2. The summed E-state index contributed by atoms with van der Waals surface area (Å²) in [7, 11) is 0. The number of anilines is 1. The van der Waals surface area contributed by atoms with Gasteiger partial charge in [0.25, 0.3) is 5.91 Å². The number of aromatic nitrogens is 3. The molecular weight excluding hydrogens is 294 g/mol. The first kappa shape index (κ1) is 15.2. The monoisotopic (exact) mass is 313 g/mol. The van der Waals surface area contributed by atoms with E-state index in [9.17, 15) is 4.79 Å². The van der Waals surface area contributed by atoms with Gasteiger partial charge < -0.3 is 15.4 Å². The van der Waals surface area contributed by atoms with E-state index in [-0.39, 0.29) is 5.91 Å². The molecule has 3 heterocycles. The molecule has 0 saturated carbocycles. The van der Waals surface area contributed by atoms with Gasteiger partial charge in [0.15, 0.2) is 0 Å². The minimum absolute atomic E-state index is 0.125. The Labute approximate surface area is 134 Å². The maximum Gasteiger partial charge on any atom is 0.270 e. The molecule has 0 aliphatic carbocycles. The third-order valence-electron chi connectivity index (χ3n) is 3.51. The molecule has 0 bridgehead atoms. The Hall–Kier alpha value is -2.70. The number of amides is 1. The van der Waals surface area contributed by atoms with Crippen molar-refractivity contribution in [2.24, 2.45) is 0 Å². The van der Waals surface area contributed by atoms with Crippen molar-refractivity contribution in [1.29, 1.82) is 0 Å². The zero-order valence-electron chi connectivity index (χ0n) is 13.0. The number of carbonyl (C=O) groups excluding carboxylic acids is 1. The number of hydrogen-bond acceptors (Lipinski definition) is 6. The molecule has 0 spiro atoms. The second-order valence-corrected chi connectivity index (χ2v) is 5.27. The second kappa shape index (κ2) is 7.04.